The van der Waals surface area contributed by atoms with Gasteiger partial charge in [0.25, 0.3) is 5.56 Å². The number of hydrogen-bond acceptors (Lipinski definition) is 6. The summed E-state index contributed by atoms with van der Waals surface area (Å²) in [7, 11) is 0. The molecule has 0 saturated carbocycles. The second kappa shape index (κ2) is 5.98. The third-order valence-electron chi connectivity index (χ3n) is 5.40. The van der Waals surface area contributed by atoms with Crippen LogP contribution in [0.4, 0.5) is 0 Å². The van der Waals surface area contributed by atoms with Crippen molar-refractivity contribution in [3.63, 3.8) is 0 Å². The zero-order chi connectivity index (χ0) is 15.9. The van der Waals surface area contributed by atoms with Crippen molar-refractivity contribution in [3.8, 4) is 0 Å². The summed E-state index contributed by atoms with van der Waals surface area (Å²) in [6, 6.07) is 1.98. The summed E-state index contributed by atoms with van der Waals surface area (Å²) in [6.07, 6.45) is 5.02. The van der Waals surface area contributed by atoms with Crippen LogP contribution in [0.5, 0.6) is 0 Å². The summed E-state index contributed by atoms with van der Waals surface area (Å²) >= 11 is 1.49. The molecule has 2 N–H and O–H groups in total. The molecular weight excluding hydrogens is 312 g/mol. The summed E-state index contributed by atoms with van der Waals surface area (Å²) in [4.78, 5) is 19.8. The standard InChI is InChI=1S/C16H22N4O2S/c21-11-16-2-1-4-17-13(16)10-19(5-3-16)9-12-8-14(22)20-6-7-23-15(20)18-12/h6-8,13,17,21H,1-5,9-11H2/t13-,16-/m1/s1. The number of rotatable bonds is 3. The number of thiazole rings is 1. The van der Waals surface area contributed by atoms with Crippen molar-refractivity contribution in [3.05, 3.63) is 33.7 Å². The number of nitrogens with one attached hydrogen (secondary N) is 1. The van der Waals surface area contributed by atoms with Gasteiger partial charge in [-0.15, -0.1) is 11.3 Å². The van der Waals surface area contributed by atoms with Gasteiger partial charge < -0.3 is 10.4 Å². The second-order valence-corrected chi connectivity index (χ2v) is 7.63. The fourth-order valence-corrected chi connectivity index (χ4v) is 4.74. The zero-order valence-electron chi connectivity index (χ0n) is 13.1. The van der Waals surface area contributed by atoms with Crippen LogP contribution in [-0.4, -0.2) is 51.7 Å². The highest BCUT2D eigenvalue weighted by Gasteiger charge is 2.43. The number of nitrogens with zero attached hydrogens (tertiary/aromatic N) is 3. The van der Waals surface area contributed by atoms with Gasteiger partial charge in [0.05, 0.1) is 12.3 Å². The van der Waals surface area contributed by atoms with E-state index in [-0.39, 0.29) is 17.6 Å². The van der Waals surface area contributed by atoms with E-state index in [1.165, 1.54) is 11.3 Å². The van der Waals surface area contributed by atoms with Crippen LogP contribution in [-0.2, 0) is 6.54 Å². The lowest BCUT2D eigenvalue weighted by molar-refractivity contribution is -0.0153. The predicted molar refractivity (Wildman–Crippen MR) is 89.8 cm³/mol. The Balaban J connectivity index is 1.52. The first kappa shape index (κ1) is 15.3. The SMILES string of the molecule is O=c1cc(CN2CC[C@@]3(CO)CCCN[C@@H]3C2)nc2sccn12. The van der Waals surface area contributed by atoms with Crippen LogP contribution < -0.4 is 10.9 Å². The maximum absolute atomic E-state index is 12.1. The Morgan fingerprint density at radius 2 is 2.39 bits per heavy atom. The molecular formula is C16H22N4O2S. The lowest BCUT2D eigenvalue weighted by atomic mass is 9.70. The molecule has 2 saturated heterocycles. The highest BCUT2D eigenvalue weighted by molar-refractivity contribution is 7.15. The molecule has 124 valence electrons. The molecule has 0 spiro atoms. The number of aromatic nitrogens is 2. The van der Waals surface area contributed by atoms with Gasteiger partial charge in [-0.3, -0.25) is 14.1 Å². The number of hydrogen-bond donors (Lipinski definition) is 2. The summed E-state index contributed by atoms with van der Waals surface area (Å²) in [5, 5.41) is 15.3. The van der Waals surface area contributed by atoms with E-state index in [4.69, 9.17) is 0 Å². The minimum Gasteiger partial charge on any atom is -0.396 e. The van der Waals surface area contributed by atoms with E-state index in [1.54, 1.807) is 16.7 Å². The van der Waals surface area contributed by atoms with Gasteiger partial charge in [0.15, 0.2) is 4.96 Å². The lowest BCUT2D eigenvalue weighted by Crippen LogP contribution is -2.61. The van der Waals surface area contributed by atoms with Crippen LogP contribution in [0.1, 0.15) is 25.0 Å². The Morgan fingerprint density at radius 1 is 1.48 bits per heavy atom. The van der Waals surface area contributed by atoms with Gasteiger partial charge in [-0.2, -0.15) is 0 Å². The lowest BCUT2D eigenvalue weighted by Gasteiger charge is -2.50. The van der Waals surface area contributed by atoms with E-state index in [2.05, 4.69) is 15.2 Å². The Bertz CT molecular complexity index is 758. The maximum atomic E-state index is 12.1. The average molecular weight is 334 g/mol. The highest BCUT2D eigenvalue weighted by atomic mass is 32.1. The monoisotopic (exact) mass is 334 g/mol. The quantitative estimate of drug-likeness (QED) is 0.864. The topological polar surface area (TPSA) is 69.9 Å². The first-order valence-electron chi connectivity index (χ1n) is 8.23. The Kier molecular flexibility index (Phi) is 3.96. The number of piperidine rings is 2. The van der Waals surface area contributed by atoms with E-state index >= 15 is 0 Å². The van der Waals surface area contributed by atoms with E-state index in [0.29, 0.717) is 12.6 Å². The molecule has 2 aliphatic heterocycles. The smallest absolute Gasteiger partial charge is 0.258 e. The van der Waals surface area contributed by atoms with E-state index in [1.807, 2.05) is 5.38 Å². The van der Waals surface area contributed by atoms with Crippen LogP contribution in [0.15, 0.2) is 22.4 Å². The number of fused-ring (bicyclic) bond motifs is 2. The van der Waals surface area contributed by atoms with Crippen molar-refractivity contribution in [1.29, 1.82) is 0 Å². The molecule has 0 bridgehead atoms. The third kappa shape index (κ3) is 2.71. The van der Waals surface area contributed by atoms with Gasteiger partial charge in [-0.25, -0.2) is 4.98 Å². The second-order valence-electron chi connectivity index (χ2n) is 6.76. The Morgan fingerprint density at radius 3 is 3.26 bits per heavy atom. The first-order valence-corrected chi connectivity index (χ1v) is 9.11. The van der Waals surface area contributed by atoms with Crippen LogP contribution in [0.2, 0.25) is 0 Å². The summed E-state index contributed by atoms with van der Waals surface area (Å²) in [5.41, 5.74) is 0.868. The molecule has 2 aromatic heterocycles. The molecule has 2 atom stereocenters. The van der Waals surface area contributed by atoms with Gasteiger partial charge in [-0.1, -0.05) is 0 Å². The molecule has 4 rings (SSSR count). The average Bonchev–Trinajstić information content (AvgIpc) is 3.04. The van der Waals surface area contributed by atoms with Crippen molar-refractivity contribution in [2.45, 2.75) is 31.8 Å². The molecule has 0 aromatic carbocycles. The minimum absolute atomic E-state index is 0.0104. The fraction of sp³-hybridized carbons (Fsp3) is 0.625. The molecule has 0 radical (unpaired) electrons. The summed E-state index contributed by atoms with van der Waals surface area (Å²) < 4.78 is 1.59. The maximum Gasteiger partial charge on any atom is 0.258 e. The molecule has 2 fully saturated rings. The normalized spacial score (nSPS) is 28.8. The van der Waals surface area contributed by atoms with Gasteiger partial charge >= 0.3 is 0 Å². The number of aliphatic hydroxyl groups is 1. The molecule has 2 aromatic rings. The van der Waals surface area contributed by atoms with Gasteiger partial charge in [0, 0.05) is 42.2 Å². The van der Waals surface area contributed by atoms with E-state index in [0.717, 1.165) is 49.6 Å². The van der Waals surface area contributed by atoms with Crippen LogP contribution in [0, 0.1) is 5.41 Å². The van der Waals surface area contributed by atoms with E-state index < -0.39 is 0 Å². The molecule has 2 aliphatic rings. The van der Waals surface area contributed by atoms with Gasteiger partial charge in [0.2, 0.25) is 0 Å². The molecule has 7 heteroatoms. The summed E-state index contributed by atoms with van der Waals surface area (Å²) in [5.74, 6) is 0. The summed E-state index contributed by atoms with van der Waals surface area (Å²) in [6.45, 7) is 3.85. The van der Waals surface area contributed by atoms with Crippen LogP contribution in [0.3, 0.4) is 0 Å². The van der Waals surface area contributed by atoms with E-state index in [9.17, 15) is 9.90 Å². The Labute approximate surface area is 138 Å². The minimum atomic E-state index is -0.0104. The van der Waals surface area contributed by atoms with Crippen molar-refractivity contribution >= 4 is 16.3 Å². The third-order valence-corrected chi connectivity index (χ3v) is 6.16. The van der Waals surface area contributed by atoms with Gasteiger partial charge in [0.1, 0.15) is 0 Å². The van der Waals surface area contributed by atoms with Crippen LogP contribution in [0.25, 0.3) is 4.96 Å². The number of aliphatic hydroxyl groups excluding tert-OH is 1. The van der Waals surface area contributed by atoms with Gasteiger partial charge in [-0.05, 0) is 32.4 Å². The highest BCUT2D eigenvalue weighted by Crippen LogP contribution is 2.38. The number of likely N-dealkylation sites (tertiary alicyclic amines) is 1. The molecule has 23 heavy (non-hydrogen) atoms. The molecule has 0 amide bonds. The Hall–Kier alpha value is -1.28. The van der Waals surface area contributed by atoms with Crippen molar-refractivity contribution in [2.24, 2.45) is 5.41 Å². The van der Waals surface area contributed by atoms with Crippen molar-refractivity contribution in [2.75, 3.05) is 26.2 Å². The van der Waals surface area contributed by atoms with Crippen molar-refractivity contribution in [1.82, 2.24) is 19.6 Å². The molecule has 4 heterocycles. The van der Waals surface area contributed by atoms with Crippen molar-refractivity contribution < 1.29 is 5.11 Å². The fourth-order valence-electron chi connectivity index (χ4n) is 4.01. The van der Waals surface area contributed by atoms with Crippen LogP contribution >= 0.6 is 11.3 Å². The zero-order valence-corrected chi connectivity index (χ0v) is 13.9. The molecule has 0 aliphatic carbocycles. The molecule has 0 unspecified atom stereocenters. The predicted octanol–water partition coefficient (Wildman–Crippen LogP) is 0.692. The largest absolute Gasteiger partial charge is 0.396 e. The molecule has 6 nitrogen and oxygen atoms in total. The first-order chi connectivity index (χ1) is 11.2.